The van der Waals surface area contributed by atoms with Crippen LogP contribution in [0.2, 0.25) is 5.02 Å². The lowest BCUT2D eigenvalue weighted by molar-refractivity contribution is -0.142. The maximum Gasteiger partial charge on any atom is 0.305 e. The summed E-state index contributed by atoms with van der Waals surface area (Å²) in [4.78, 5) is 25.1. The van der Waals surface area contributed by atoms with Crippen LogP contribution in [0.15, 0.2) is 24.3 Å². The Morgan fingerprint density at radius 3 is 2.83 bits per heavy atom. The minimum atomic E-state index is -0.937. The van der Waals surface area contributed by atoms with Crippen LogP contribution in [-0.4, -0.2) is 53.8 Å². The van der Waals surface area contributed by atoms with Crippen LogP contribution in [0, 0.1) is 0 Å². The fourth-order valence-corrected chi connectivity index (χ4v) is 2.92. The zero-order valence-electron chi connectivity index (χ0n) is 13.1. The van der Waals surface area contributed by atoms with E-state index in [2.05, 4.69) is 0 Å². The summed E-state index contributed by atoms with van der Waals surface area (Å²) in [6, 6.07) is 6.41. The maximum absolute atomic E-state index is 12.6. The molecular weight excluding hydrogens is 322 g/mol. The number of benzene rings is 1. The Bertz CT molecular complexity index is 579. The van der Waals surface area contributed by atoms with Crippen LogP contribution in [0.3, 0.4) is 0 Å². The molecule has 1 N–H and O–H groups in total. The molecule has 0 saturated carbocycles. The number of nitrogens with zero attached hydrogens (tertiary/aromatic N) is 1. The summed E-state index contributed by atoms with van der Waals surface area (Å²) in [5, 5.41) is 9.53. The van der Waals surface area contributed by atoms with E-state index in [1.165, 1.54) is 4.90 Å². The fraction of sp³-hybridized carbons (Fsp3) is 0.500. The average molecular weight is 342 g/mol. The van der Waals surface area contributed by atoms with Crippen LogP contribution in [0.5, 0.6) is 5.75 Å². The van der Waals surface area contributed by atoms with E-state index in [1.807, 2.05) is 0 Å². The smallest absolute Gasteiger partial charge is 0.305 e. The van der Waals surface area contributed by atoms with E-state index < -0.39 is 12.1 Å². The first kappa shape index (κ1) is 17.6. The van der Waals surface area contributed by atoms with E-state index in [-0.39, 0.29) is 24.5 Å². The first-order valence-corrected chi connectivity index (χ1v) is 7.75. The van der Waals surface area contributed by atoms with Crippen LogP contribution in [0.4, 0.5) is 0 Å². The zero-order valence-corrected chi connectivity index (χ0v) is 13.8. The minimum absolute atomic E-state index is 0.102. The summed E-state index contributed by atoms with van der Waals surface area (Å²) in [6.07, 6.45) is -0.476. The minimum Gasteiger partial charge on any atom is -0.481 e. The summed E-state index contributed by atoms with van der Waals surface area (Å²) < 4.78 is 10.9. The van der Waals surface area contributed by atoms with Crippen molar-refractivity contribution in [2.75, 3.05) is 13.7 Å². The monoisotopic (exact) mass is 341 g/mol. The number of carboxylic acid groups (broad SMARTS) is 1. The Kier molecular flexibility index (Phi) is 5.85. The molecule has 0 aliphatic carbocycles. The van der Waals surface area contributed by atoms with Crippen molar-refractivity contribution < 1.29 is 24.2 Å². The van der Waals surface area contributed by atoms with E-state index in [1.54, 1.807) is 38.3 Å². The molecule has 3 atom stereocenters. The van der Waals surface area contributed by atoms with Gasteiger partial charge in [0.1, 0.15) is 5.75 Å². The van der Waals surface area contributed by atoms with E-state index in [9.17, 15) is 9.59 Å². The second-order valence-electron chi connectivity index (χ2n) is 5.55. The number of rotatable bonds is 6. The highest BCUT2D eigenvalue weighted by molar-refractivity contribution is 6.30. The van der Waals surface area contributed by atoms with Gasteiger partial charge in [-0.2, -0.15) is 0 Å². The van der Waals surface area contributed by atoms with Crippen molar-refractivity contribution in [1.29, 1.82) is 0 Å². The van der Waals surface area contributed by atoms with E-state index in [0.717, 1.165) is 0 Å². The molecule has 0 spiro atoms. The second-order valence-corrected chi connectivity index (χ2v) is 5.99. The number of hydrogen-bond acceptors (Lipinski definition) is 4. The van der Waals surface area contributed by atoms with Crippen molar-refractivity contribution in [2.24, 2.45) is 0 Å². The second kappa shape index (κ2) is 7.66. The third kappa shape index (κ3) is 4.59. The molecule has 3 unspecified atom stereocenters. The highest BCUT2D eigenvalue weighted by Gasteiger charge is 2.38. The number of carboxylic acids is 1. The standard InChI is InChI=1S/C16H20ClNO5/c1-10(23-13-5-3-4-11(17)6-13)16(21)18-9-14(22-2)7-12(18)8-15(19)20/h3-6,10,12,14H,7-9H2,1-2H3,(H,19,20). The number of hydrogen-bond donors (Lipinski definition) is 1. The number of methoxy groups -OCH3 is 1. The maximum atomic E-state index is 12.6. The quantitative estimate of drug-likeness (QED) is 0.858. The number of ether oxygens (including phenoxy) is 2. The fourth-order valence-electron chi connectivity index (χ4n) is 2.74. The third-order valence-corrected chi connectivity index (χ3v) is 4.09. The highest BCUT2D eigenvalue weighted by Crippen LogP contribution is 2.25. The van der Waals surface area contributed by atoms with Crippen LogP contribution >= 0.6 is 11.6 Å². The lowest BCUT2D eigenvalue weighted by atomic mass is 10.1. The van der Waals surface area contributed by atoms with Crippen LogP contribution in [0.25, 0.3) is 0 Å². The molecule has 1 aromatic carbocycles. The number of halogens is 1. The van der Waals surface area contributed by atoms with Crippen molar-refractivity contribution in [2.45, 2.75) is 38.0 Å². The van der Waals surface area contributed by atoms with Gasteiger partial charge in [-0.15, -0.1) is 0 Å². The Hall–Kier alpha value is -1.79. The Balaban J connectivity index is 2.05. The van der Waals surface area contributed by atoms with Crippen molar-refractivity contribution in [1.82, 2.24) is 4.90 Å². The molecule has 7 heteroatoms. The average Bonchev–Trinajstić information content (AvgIpc) is 2.88. The predicted molar refractivity (Wildman–Crippen MR) is 84.7 cm³/mol. The topological polar surface area (TPSA) is 76.1 Å². The molecule has 1 aromatic rings. The van der Waals surface area contributed by atoms with Crippen LogP contribution < -0.4 is 4.74 Å². The summed E-state index contributed by atoms with van der Waals surface area (Å²) >= 11 is 5.90. The molecular formula is C16H20ClNO5. The van der Waals surface area contributed by atoms with Gasteiger partial charge >= 0.3 is 5.97 Å². The molecule has 1 aliphatic heterocycles. The van der Waals surface area contributed by atoms with Gasteiger partial charge in [0.2, 0.25) is 0 Å². The normalized spacial score (nSPS) is 22.0. The Morgan fingerprint density at radius 1 is 1.48 bits per heavy atom. The molecule has 1 saturated heterocycles. The number of carbonyl (C=O) groups excluding carboxylic acids is 1. The number of amides is 1. The zero-order chi connectivity index (χ0) is 17.0. The van der Waals surface area contributed by atoms with Crippen LogP contribution in [0.1, 0.15) is 19.8 Å². The van der Waals surface area contributed by atoms with Gasteiger partial charge in [-0.1, -0.05) is 17.7 Å². The number of aliphatic carboxylic acids is 1. The lowest BCUT2D eigenvalue weighted by Gasteiger charge is -2.26. The number of likely N-dealkylation sites (tertiary alicyclic amines) is 1. The van der Waals surface area contributed by atoms with Crippen molar-refractivity contribution >= 4 is 23.5 Å². The molecule has 126 valence electrons. The summed E-state index contributed by atoms with van der Waals surface area (Å²) in [7, 11) is 1.56. The molecule has 1 fully saturated rings. The van der Waals surface area contributed by atoms with Gasteiger partial charge in [0.25, 0.3) is 5.91 Å². The van der Waals surface area contributed by atoms with Gasteiger partial charge in [-0.3, -0.25) is 9.59 Å². The summed E-state index contributed by atoms with van der Waals surface area (Å²) in [5.74, 6) is -0.695. The molecule has 0 radical (unpaired) electrons. The molecule has 6 nitrogen and oxygen atoms in total. The highest BCUT2D eigenvalue weighted by atomic mass is 35.5. The number of carbonyl (C=O) groups is 2. The van der Waals surface area contributed by atoms with Crippen molar-refractivity contribution in [3.8, 4) is 5.75 Å². The SMILES string of the molecule is COC1CC(CC(=O)O)N(C(=O)C(C)Oc2cccc(Cl)c2)C1. The Morgan fingerprint density at radius 2 is 2.22 bits per heavy atom. The lowest BCUT2D eigenvalue weighted by Crippen LogP contribution is -2.44. The van der Waals surface area contributed by atoms with Crippen LogP contribution in [-0.2, 0) is 14.3 Å². The van der Waals surface area contributed by atoms with Crippen molar-refractivity contribution in [3.63, 3.8) is 0 Å². The molecule has 0 aromatic heterocycles. The van der Waals surface area contributed by atoms with Gasteiger partial charge < -0.3 is 19.5 Å². The molecule has 23 heavy (non-hydrogen) atoms. The molecule has 1 aliphatic rings. The van der Waals surface area contributed by atoms with E-state index in [4.69, 9.17) is 26.2 Å². The third-order valence-electron chi connectivity index (χ3n) is 3.86. The Labute approximate surface area is 139 Å². The molecule has 1 heterocycles. The summed E-state index contributed by atoms with van der Waals surface area (Å²) in [5.41, 5.74) is 0. The molecule has 2 rings (SSSR count). The van der Waals surface area contributed by atoms with Gasteiger partial charge in [0.15, 0.2) is 6.10 Å². The molecule has 1 amide bonds. The molecule has 0 bridgehead atoms. The van der Waals surface area contributed by atoms with Gasteiger partial charge in [-0.05, 0) is 31.5 Å². The first-order valence-electron chi connectivity index (χ1n) is 7.38. The largest absolute Gasteiger partial charge is 0.481 e. The van der Waals surface area contributed by atoms with Gasteiger partial charge in [0, 0.05) is 24.7 Å². The van der Waals surface area contributed by atoms with E-state index >= 15 is 0 Å². The van der Waals surface area contributed by atoms with Gasteiger partial charge in [-0.25, -0.2) is 0 Å². The van der Waals surface area contributed by atoms with Gasteiger partial charge in [0.05, 0.1) is 12.5 Å². The van der Waals surface area contributed by atoms with Crippen molar-refractivity contribution in [3.05, 3.63) is 29.3 Å². The van der Waals surface area contributed by atoms with E-state index in [0.29, 0.717) is 23.7 Å². The summed E-state index contributed by atoms with van der Waals surface area (Å²) in [6.45, 7) is 2.01. The first-order chi connectivity index (χ1) is 10.9. The predicted octanol–water partition coefficient (Wildman–Crippen LogP) is 2.20.